The summed E-state index contributed by atoms with van der Waals surface area (Å²) in [5.74, 6) is 7.00. The third kappa shape index (κ3) is 4.16. The maximum atomic E-state index is 10.7. The molecule has 3 aliphatic rings. The molecule has 1 aliphatic heterocycles. The highest BCUT2D eigenvalue weighted by atomic mass is 28.4. The van der Waals surface area contributed by atoms with E-state index in [1.54, 1.807) is 0 Å². The highest BCUT2D eigenvalue weighted by molar-refractivity contribution is 6.74. The average molecular weight is 395 g/mol. The van der Waals surface area contributed by atoms with E-state index in [0.29, 0.717) is 19.1 Å². The predicted molar refractivity (Wildman–Crippen MR) is 110 cm³/mol. The normalized spacial score (nSPS) is 33.3. The predicted octanol–water partition coefficient (Wildman–Crippen LogP) is 4.33. The number of rotatable bonds is 5. The molecular weight excluding hydrogens is 356 g/mol. The molecule has 1 saturated heterocycles. The van der Waals surface area contributed by atoms with Gasteiger partial charge < -0.3 is 19.0 Å². The molecule has 0 aromatic heterocycles. The van der Waals surface area contributed by atoms with Crippen molar-refractivity contribution in [3.8, 4) is 11.8 Å². The first-order valence-electron chi connectivity index (χ1n) is 10.7. The highest BCUT2D eigenvalue weighted by Crippen LogP contribution is 2.59. The molecule has 0 aromatic carbocycles. The Morgan fingerprint density at radius 3 is 2.52 bits per heavy atom. The number of ether oxygens (including phenoxy) is 2. The zero-order valence-corrected chi connectivity index (χ0v) is 19.0. The van der Waals surface area contributed by atoms with E-state index in [9.17, 15) is 5.11 Å². The molecule has 5 unspecified atom stereocenters. The molecule has 0 aromatic rings. The average Bonchev–Trinajstić information content (AvgIpc) is 3.15. The van der Waals surface area contributed by atoms with Gasteiger partial charge in [0.25, 0.3) is 0 Å². The molecule has 0 bridgehead atoms. The van der Waals surface area contributed by atoms with Crippen LogP contribution in [0, 0.1) is 29.6 Å². The van der Waals surface area contributed by atoms with Crippen molar-refractivity contribution in [3.63, 3.8) is 0 Å². The molecule has 2 aliphatic carbocycles. The maximum Gasteiger partial charge on any atom is 0.193 e. The van der Waals surface area contributed by atoms with Crippen molar-refractivity contribution in [2.45, 2.75) is 95.9 Å². The molecule has 1 spiro atoms. The third-order valence-corrected chi connectivity index (χ3v) is 11.7. The summed E-state index contributed by atoms with van der Waals surface area (Å²) in [4.78, 5) is 0. The van der Waals surface area contributed by atoms with Crippen molar-refractivity contribution in [1.82, 2.24) is 0 Å². The van der Waals surface area contributed by atoms with E-state index in [2.05, 4.69) is 52.6 Å². The topological polar surface area (TPSA) is 47.9 Å². The van der Waals surface area contributed by atoms with Crippen molar-refractivity contribution in [2.24, 2.45) is 17.8 Å². The quantitative estimate of drug-likeness (QED) is 0.557. The van der Waals surface area contributed by atoms with E-state index in [1.165, 1.54) is 0 Å². The van der Waals surface area contributed by atoms with Gasteiger partial charge in [-0.15, -0.1) is 0 Å². The summed E-state index contributed by atoms with van der Waals surface area (Å²) < 4.78 is 18.3. The van der Waals surface area contributed by atoms with E-state index >= 15 is 0 Å². The standard InChI is InChI=1S/C22H38O4Si/c1-7-8-9-17(26-27(5,6)21(2,3)4)11-10-16-14-19-18(20(16)23)15-22(19)24-12-13-25-22/h16-20,23H,7-9,12-15H2,1-6H3. The Kier molecular flexibility index (Phi) is 6.16. The molecule has 154 valence electrons. The Morgan fingerprint density at radius 1 is 1.26 bits per heavy atom. The second-order valence-corrected chi connectivity index (χ2v) is 14.9. The summed E-state index contributed by atoms with van der Waals surface area (Å²) in [7, 11) is -1.86. The lowest BCUT2D eigenvalue weighted by atomic mass is 9.69. The van der Waals surface area contributed by atoms with Crippen molar-refractivity contribution in [3.05, 3.63) is 0 Å². The van der Waals surface area contributed by atoms with E-state index in [-0.39, 0.29) is 29.1 Å². The van der Waals surface area contributed by atoms with Crippen LogP contribution in [-0.2, 0) is 13.9 Å². The van der Waals surface area contributed by atoms with Crippen molar-refractivity contribution in [1.29, 1.82) is 0 Å². The molecule has 27 heavy (non-hydrogen) atoms. The minimum atomic E-state index is -1.86. The van der Waals surface area contributed by atoms with Crippen LogP contribution in [0.2, 0.25) is 18.1 Å². The first-order valence-corrected chi connectivity index (χ1v) is 13.7. The van der Waals surface area contributed by atoms with Gasteiger partial charge in [-0.2, -0.15) is 0 Å². The summed E-state index contributed by atoms with van der Waals surface area (Å²) in [6.07, 6.45) is 4.55. The van der Waals surface area contributed by atoms with Gasteiger partial charge in [-0.25, -0.2) is 0 Å². The minimum absolute atomic E-state index is 0.0133. The maximum absolute atomic E-state index is 10.7. The molecule has 3 fully saturated rings. The van der Waals surface area contributed by atoms with Gasteiger partial charge in [-0.05, 0) is 36.9 Å². The Morgan fingerprint density at radius 2 is 1.93 bits per heavy atom. The zero-order chi connectivity index (χ0) is 19.9. The Balaban J connectivity index is 1.67. The minimum Gasteiger partial charge on any atom is -0.403 e. The number of aliphatic hydroxyl groups is 1. The van der Waals surface area contributed by atoms with Crippen LogP contribution in [0.5, 0.6) is 0 Å². The zero-order valence-electron chi connectivity index (χ0n) is 18.0. The molecule has 3 rings (SSSR count). The third-order valence-electron chi connectivity index (χ3n) is 7.23. The Labute approximate surface area is 166 Å². The van der Waals surface area contributed by atoms with E-state index in [4.69, 9.17) is 13.9 Å². The van der Waals surface area contributed by atoms with Crippen LogP contribution < -0.4 is 0 Å². The second-order valence-electron chi connectivity index (χ2n) is 10.1. The molecule has 5 atom stereocenters. The van der Waals surface area contributed by atoms with Gasteiger partial charge in [-0.3, -0.25) is 0 Å². The van der Waals surface area contributed by atoms with Gasteiger partial charge in [0.2, 0.25) is 0 Å². The van der Waals surface area contributed by atoms with Gasteiger partial charge in [0.05, 0.1) is 19.3 Å². The van der Waals surface area contributed by atoms with Gasteiger partial charge >= 0.3 is 0 Å². The van der Waals surface area contributed by atoms with Gasteiger partial charge in [-0.1, -0.05) is 52.4 Å². The number of hydrogen-bond acceptors (Lipinski definition) is 4. The van der Waals surface area contributed by atoms with Crippen LogP contribution in [0.3, 0.4) is 0 Å². The fourth-order valence-corrected chi connectivity index (χ4v) is 5.68. The monoisotopic (exact) mass is 394 g/mol. The largest absolute Gasteiger partial charge is 0.403 e. The summed E-state index contributed by atoms with van der Waals surface area (Å²) >= 11 is 0. The Bertz CT molecular complexity index is 579. The fraction of sp³-hybridized carbons (Fsp3) is 0.909. The lowest BCUT2D eigenvalue weighted by Crippen LogP contribution is -2.54. The van der Waals surface area contributed by atoms with E-state index in [0.717, 1.165) is 32.1 Å². The van der Waals surface area contributed by atoms with Gasteiger partial charge in [0, 0.05) is 18.3 Å². The molecule has 5 heteroatoms. The molecular formula is C22H38O4Si. The number of aliphatic hydroxyl groups excluding tert-OH is 1. The summed E-state index contributed by atoms with van der Waals surface area (Å²) in [5, 5.41) is 10.9. The first-order chi connectivity index (χ1) is 12.6. The van der Waals surface area contributed by atoms with Crippen LogP contribution in [0.1, 0.15) is 59.8 Å². The van der Waals surface area contributed by atoms with Crippen LogP contribution >= 0.6 is 0 Å². The second kappa shape index (κ2) is 7.80. The van der Waals surface area contributed by atoms with Crippen LogP contribution in [0.4, 0.5) is 0 Å². The number of fused-ring (bicyclic) bond motifs is 2. The molecule has 2 saturated carbocycles. The highest BCUT2D eigenvalue weighted by Gasteiger charge is 2.64. The van der Waals surface area contributed by atoms with E-state index < -0.39 is 14.1 Å². The van der Waals surface area contributed by atoms with Crippen LogP contribution in [-0.4, -0.2) is 44.6 Å². The fourth-order valence-electron chi connectivity index (χ4n) is 4.44. The van der Waals surface area contributed by atoms with Gasteiger partial charge in [0.15, 0.2) is 14.1 Å². The van der Waals surface area contributed by atoms with Crippen LogP contribution in [0.25, 0.3) is 0 Å². The first kappa shape index (κ1) is 21.3. The van der Waals surface area contributed by atoms with Crippen molar-refractivity contribution >= 4 is 8.32 Å². The molecule has 0 amide bonds. The Hall–Kier alpha value is -0.383. The summed E-state index contributed by atoms with van der Waals surface area (Å²) in [6.45, 7) is 14.9. The number of unbranched alkanes of at least 4 members (excludes halogenated alkanes) is 1. The molecule has 1 heterocycles. The smallest absolute Gasteiger partial charge is 0.193 e. The SMILES string of the molecule is CCCCC(C#CC1CC2C(CC23OCCO3)C1O)O[Si](C)(C)C(C)(C)C. The number of hydrogen-bond donors (Lipinski definition) is 1. The van der Waals surface area contributed by atoms with E-state index in [1.807, 2.05) is 0 Å². The molecule has 4 nitrogen and oxygen atoms in total. The van der Waals surface area contributed by atoms with Crippen molar-refractivity contribution in [2.75, 3.05) is 13.2 Å². The van der Waals surface area contributed by atoms with Crippen molar-refractivity contribution < 1.29 is 19.0 Å². The lowest BCUT2D eigenvalue weighted by molar-refractivity contribution is -0.275. The molecule has 1 N–H and O–H groups in total. The lowest BCUT2D eigenvalue weighted by Gasteiger charge is -2.48. The van der Waals surface area contributed by atoms with Crippen LogP contribution in [0.15, 0.2) is 0 Å². The van der Waals surface area contributed by atoms with Gasteiger partial charge in [0.1, 0.15) is 6.10 Å². The summed E-state index contributed by atoms with van der Waals surface area (Å²) in [5.41, 5.74) is 0. The summed E-state index contributed by atoms with van der Waals surface area (Å²) in [6, 6.07) is 0. The molecule has 0 radical (unpaired) electrons.